The lowest BCUT2D eigenvalue weighted by Crippen LogP contribution is -2.31. The van der Waals surface area contributed by atoms with Gasteiger partial charge in [-0.2, -0.15) is 5.10 Å². The number of hydrogen-bond donors (Lipinski definition) is 1. The molecule has 1 heterocycles. The highest BCUT2D eigenvalue weighted by atomic mass is 35.5. The van der Waals surface area contributed by atoms with Crippen molar-refractivity contribution < 1.29 is 13.6 Å². The summed E-state index contributed by atoms with van der Waals surface area (Å²) in [5.41, 5.74) is 2.00. The molecule has 1 aromatic heterocycles. The van der Waals surface area contributed by atoms with Crippen molar-refractivity contribution >= 4 is 17.5 Å². The molecule has 1 atom stereocenters. The molecule has 0 saturated heterocycles. The van der Waals surface area contributed by atoms with Crippen molar-refractivity contribution in [2.24, 2.45) is 0 Å². The van der Waals surface area contributed by atoms with E-state index < -0.39 is 12.1 Å². The second-order valence-electron chi connectivity index (χ2n) is 5.68. The Kier molecular flexibility index (Phi) is 5.94. The summed E-state index contributed by atoms with van der Waals surface area (Å²) in [4.78, 5) is 12.3. The number of nitrogens with zero attached hydrogens (tertiary/aromatic N) is 2. The topological polar surface area (TPSA) is 46.9 Å². The predicted molar refractivity (Wildman–Crippen MR) is 89.3 cm³/mol. The van der Waals surface area contributed by atoms with Crippen LogP contribution in [0.4, 0.5) is 8.78 Å². The van der Waals surface area contributed by atoms with Gasteiger partial charge in [-0.1, -0.05) is 48.4 Å². The number of aromatic nitrogens is 2. The molecule has 0 fully saturated rings. The van der Waals surface area contributed by atoms with E-state index in [9.17, 15) is 13.6 Å². The van der Waals surface area contributed by atoms with Crippen molar-refractivity contribution in [3.8, 4) is 0 Å². The van der Waals surface area contributed by atoms with Gasteiger partial charge in [0.05, 0.1) is 16.8 Å². The summed E-state index contributed by atoms with van der Waals surface area (Å²) in [5.74, 6) is -0.300. The molecule has 1 N–H and O–H groups in total. The summed E-state index contributed by atoms with van der Waals surface area (Å²) < 4.78 is 26.8. The number of halogens is 3. The van der Waals surface area contributed by atoms with Gasteiger partial charge in [0.15, 0.2) is 0 Å². The quantitative estimate of drug-likeness (QED) is 0.837. The van der Waals surface area contributed by atoms with E-state index in [1.807, 2.05) is 38.1 Å². The molecule has 0 saturated carbocycles. The van der Waals surface area contributed by atoms with Gasteiger partial charge in [-0.3, -0.25) is 9.48 Å². The molecule has 130 valence electrons. The Bertz CT molecular complexity index is 713. The predicted octanol–water partition coefficient (Wildman–Crippen LogP) is 4.36. The summed E-state index contributed by atoms with van der Waals surface area (Å²) in [7, 11) is 0. The largest absolute Gasteiger partial charge is 0.348 e. The van der Waals surface area contributed by atoms with Crippen LogP contribution in [0.3, 0.4) is 0 Å². The highest BCUT2D eigenvalue weighted by molar-refractivity contribution is 6.31. The fraction of sp³-hybridized carbons (Fsp3) is 0.412. The van der Waals surface area contributed by atoms with Crippen LogP contribution in [0.5, 0.6) is 0 Å². The lowest BCUT2D eigenvalue weighted by molar-refractivity contribution is -0.122. The average molecular weight is 356 g/mol. The average Bonchev–Trinajstić information content (AvgIpc) is 2.82. The Balaban J connectivity index is 2.09. The van der Waals surface area contributed by atoms with Gasteiger partial charge in [-0.05, 0) is 25.8 Å². The van der Waals surface area contributed by atoms with Crippen LogP contribution in [-0.2, 0) is 11.3 Å². The Morgan fingerprint density at radius 3 is 2.42 bits per heavy atom. The minimum absolute atomic E-state index is 0.0941. The first-order chi connectivity index (χ1) is 11.3. The van der Waals surface area contributed by atoms with Gasteiger partial charge < -0.3 is 5.32 Å². The van der Waals surface area contributed by atoms with E-state index in [0.717, 1.165) is 17.5 Å². The molecule has 0 bridgehead atoms. The SMILES string of the molecule is CCC(NC(=O)Cn1nc(C(F)F)c(Cl)c1C)c1ccc(C)cc1. The maximum atomic E-state index is 12.8. The van der Waals surface area contributed by atoms with Crippen molar-refractivity contribution in [1.82, 2.24) is 15.1 Å². The number of carbonyl (C=O) groups is 1. The van der Waals surface area contributed by atoms with Gasteiger partial charge in [0.1, 0.15) is 12.2 Å². The Labute approximate surface area is 144 Å². The van der Waals surface area contributed by atoms with Crippen LogP contribution in [0, 0.1) is 13.8 Å². The highest BCUT2D eigenvalue weighted by Crippen LogP contribution is 2.28. The lowest BCUT2D eigenvalue weighted by Gasteiger charge is -2.18. The van der Waals surface area contributed by atoms with Crippen LogP contribution in [0.15, 0.2) is 24.3 Å². The third kappa shape index (κ3) is 4.12. The van der Waals surface area contributed by atoms with E-state index in [4.69, 9.17) is 11.6 Å². The second kappa shape index (κ2) is 7.75. The minimum atomic E-state index is -2.77. The number of amides is 1. The third-order valence-electron chi connectivity index (χ3n) is 3.88. The van der Waals surface area contributed by atoms with Crippen molar-refractivity contribution in [2.75, 3.05) is 0 Å². The third-order valence-corrected chi connectivity index (χ3v) is 4.35. The van der Waals surface area contributed by atoms with Gasteiger partial charge in [-0.25, -0.2) is 8.78 Å². The molecule has 7 heteroatoms. The fourth-order valence-corrected chi connectivity index (χ4v) is 2.65. The van der Waals surface area contributed by atoms with E-state index in [1.165, 1.54) is 4.68 Å². The molecule has 2 rings (SSSR count). The molecule has 0 aliphatic heterocycles. The minimum Gasteiger partial charge on any atom is -0.348 e. The number of rotatable bonds is 6. The summed E-state index contributed by atoms with van der Waals surface area (Å²) in [6.45, 7) is 5.37. The Hall–Kier alpha value is -1.95. The highest BCUT2D eigenvalue weighted by Gasteiger charge is 2.22. The van der Waals surface area contributed by atoms with E-state index >= 15 is 0 Å². The van der Waals surface area contributed by atoms with Crippen LogP contribution in [0.25, 0.3) is 0 Å². The Morgan fingerprint density at radius 2 is 1.92 bits per heavy atom. The number of alkyl halides is 2. The number of aryl methyl sites for hydroxylation is 1. The molecule has 2 aromatic rings. The lowest BCUT2D eigenvalue weighted by atomic mass is 10.0. The molecule has 0 aliphatic rings. The standard InChI is InChI=1S/C17H20ClF2N3O/c1-4-13(12-7-5-10(2)6-8-12)21-14(24)9-23-11(3)15(18)16(22-23)17(19)20/h5-8,13,17H,4,9H2,1-3H3,(H,21,24). The van der Waals surface area contributed by atoms with E-state index in [-0.39, 0.29) is 23.5 Å². The normalized spacial score (nSPS) is 12.5. The second-order valence-corrected chi connectivity index (χ2v) is 6.06. The van der Waals surface area contributed by atoms with E-state index in [1.54, 1.807) is 6.92 Å². The van der Waals surface area contributed by atoms with Crippen LogP contribution in [0.1, 0.15) is 48.3 Å². The Morgan fingerprint density at radius 1 is 1.29 bits per heavy atom. The first-order valence-electron chi connectivity index (χ1n) is 7.70. The molecule has 1 aromatic carbocycles. The molecule has 1 amide bonds. The molecule has 1 unspecified atom stereocenters. The summed E-state index contributed by atoms with van der Waals surface area (Å²) in [6, 6.07) is 7.76. The first-order valence-corrected chi connectivity index (χ1v) is 8.08. The van der Waals surface area contributed by atoms with Crippen LogP contribution in [0.2, 0.25) is 5.02 Å². The molecular weight excluding hydrogens is 336 g/mol. The zero-order valence-corrected chi connectivity index (χ0v) is 14.6. The monoisotopic (exact) mass is 355 g/mol. The molecule has 4 nitrogen and oxygen atoms in total. The van der Waals surface area contributed by atoms with Gasteiger partial charge in [0, 0.05) is 0 Å². The van der Waals surface area contributed by atoms with Crippen LogP contribution in [-0.4, -0.2) is 15.7 Å². The van der Waals surface area contributed by atoms with Crippen LogP contribution >= 0.6 is 11.6 Å². The van der Waals surface area contributed by atoms with Gasteiger partial charge in [0.2, 0.25) is 5.91 Å². The molecule has 0 spiro atoms. The maximum absolute atomic E-state index is 12.8. The van der Waals surface area contributed by atoms with Crippen molar-refractivity contribution in [2.45, 2.75) is 46.2 Å². The van der Waals surface area contributed by atoms with E-state index in [0.29, 0.717) is 5.69 Å². The number of hydrogen-bond acceptors (Lipinski definition) is 2. The number of nitrogens with one attached hydrogen (secondary N) is 1. The van der Waals surface area contributed by atoms with E-state index in [2.05, 4.69) is 10.4 Å². The van der Waals surface area contributed by atoms with Gasteiger partial charge in [0.25, 0.3) is 6.43 Å². The zero-order valence-electron chi connectivity index (χ0n) is 13.8. The van der Waals surface area contributed by atoms with Crippen molar-refractivity contribution in [1.29, 1.82) is 0 Å². The number of benzene rings is 1. The molecular formula is C17H20ClF2N3O. The smallest absolute Gasteiger partial charge is 0.283 e. The van der Waals surface area contributed by atoms with Crippen LogP contribution < -0.4 is 5.32 Å². The summed E-state index contributed by atoms with van der Waals surface area (Å²) in [6.07, 6.45) is -2.05. The summed E-state index contributed by atoms with van der Waals surface area (Å²) in [5, 5.41) is 6.55. The van der Waals surface area contributed by atoms with Gasteiger partial charge >= 0.3 is 0 Å². The van der Waals surface area contributed by atoms with Crippen molar-refractivity contribution in [3.05, 3.63) is 51.8 Å². The molecule has 24 heavy (non-hydrogen) atoms. The van der Waals surface area contributed by atoms with Gasteiger partial charge in [-0.15, -0.1) is 0 Å². The first kappa shape index (κ1) is 18.4. The molecule has 0 aliphatic carbocycles. The summed E-state index contributed by atoms with van der Waals surface area (Å²) >= 11 is 5.84. The fourth-order valence-electron chi connectivity index (χ4n) is 2.44. The zero-order chi connectivity index (χ0) is 17.9. The van der Waals surface area contributed by atoms with Crippen molar-refractivity contribution in [3.63, 3.8) is 0 Å². The number of carbonyl (C=O) groups excluding carboxylic acids is 1. The maximum Gasteiger partial charge on any atom is 0.283 e. The molecule has 0 radical (unpaired) electrons.